The summed E-state index contributed by atoms with van der Waals surface area (Å²) in [7, 11) is 0. The fraction of sp³-hybridized carbons (Fsp3) is 0. The number of carbonyl (C=O) groups is 1. The highest BCUT2D eigenvalue weighted by Gasteiger charge is 2.06. The quantitative estimate of drug-likeness (QED) is 0.770. The van der Waals surface area contributed by atoms with E-state index in [9.17, 15) is 9.90 Å². The van der Waals surface area contributed by atoms with E-state index in [1.54, 1.807) is 24.3 Å². The highest BCUT2D eigenvalue weighted by Crippen LogP contribution is 2.21. The summed E-state index contributed by atoms with van der Waals surface area (Å²) in [5.74, 6) is -0.996. The average molecular weight is 223 g/mol. The molecule has 0 aliphatic carbocycles. The third-order valence-corrected chi connectivity index (χ3v) is 2.10. The van der Waals surface area contributed by atoms with Crippen molar-refractivity contribution >= 4 is 17.6 Å². The van der Waals surface area contributed by atoms with Gasteiger partial charge >= 0.3 is 0 Å². The Labute approximate surface area is 90.1 Å². The lowest BCUT2D eigenvalue weighted by Crippen LogP contribution is -2.22. The number of carboxylic acid groups (broad SMARTS) is 1. The van der Waals surface area contributed by atoms with Crippen molar-refractivity contribution in [2.24, 2.45) is 0 Å². The lowest BCUT2D eigenvalue weighted by atomic mass is 10.2. The first-order chi connectivity index (χ1) is 7.16. The Morgan fingerprint density at radius 3 is 2.53 bits per heavy atom. The van der Waals surface area contributed by atoms with Crippen LogP contribution in [0.5, 0.6) is 0 Å². The molecule has 2 rings (SSSR count). The van der Waals surface area contributed by atoms with Crippen molar-refractivity contribution in [1.29, 1.82) is 0 Å². The second-order valence-corrected chi connectivity index (χ2v) is 3.31. The highest BCUT2D eigenvalue weighted by molar-refractivity contribution is 6.30. The van der Waals surface area contributed by atoms with Crippen molar-refractivity contribution in [3.8, 4) is 11.3 Å². The molecule has 0 bridgehead atoms. The maximum atomic E-state index is 10.4. The van der Waals surface area contributed by atoms with E-state index >= 15 is 0 Å². The van der Waals surface area contributed by atoms with Gasteiger partial charge in [0.2, 0.25) is 0 Å². The number of rotatable bonds is 2. The van der Waals surface area contributed by atoms with E-state index in [1.165, 1.54) is 6.07 Å². The topological polar surface area (TPSA) is 66.2 Å². The molecular weight excluding hydrogens is 218 g/mol. The van der Waals surface area contributed by atoms with Crippen LogP contribution < -0.4 is 5.11 Å². The van der Waals surface area contributed by atoms with Crippen LogP contribution in [-0.4, -0.2) is 11.1 Å². The standard InChI is InChI=1S/C10H6ClNO3/c11-7-3-1-6(2-4-7)9-5-8(10(13)14)12-15-9/h1-5H,(H,13,14)/p-1. The van der Waals surface area contributed by atoms with E-state index < -0.39 is 5.97 Å². The molecule has 0 fully saturated rings. The smallest absolute Gasteiger partial charge is 0.167 e. The molecule has 1 aromatic heterocycles. The molecule has 0 aliphatic rings. The number of hydrogen-bond donors (Lipinski definition) is 0. The second-order valence-electron chi connectivity index (χ2n) is 2.87. The first kappa shape index (κ1) is 9.73. The Morgan fingerprint density at radius 2 is 2.00 bits per heavy atom. The fourth-order valence-corrected chi connectivity index (χ4v) is 1.25. The van der Waals surface area contributed by atoms with Crippen LogP contribution in [0.4, 0.5) is 0 Å². The van der Waals surface area contributed by atoms with Gasteiger partial charge in [0, 0.05) is 16.7 Å². The molecule has 0 N–H and O–H groups in total. The Bertz CT molecular complexity index is 490. The predicted molar refractivity (Wildman–Crippen MR) is 51.3 cm³/mol. The number of nitrogens with zero attached hydrogens (tertiary/aromatic N) is 1. The minimum atomic E-state index is -1.36. The Hall–Kier alpha value is -1.81. The third kappa shape index (κ3) is 1.99. The number of carbonyl (C=O) groups excluding carboxylic acids is 1. The van der Waals surface area contributed by atoms with Gasteiger partial charge in [0.05, 0.1) is 5.97 Å². The first-order valence-corrected chi connectivity index (χ1v) is 4.48. The van der Waals surface area contributed by atoms with Crippen molar-refractivity contribution < 1.29 is 14.4 Å². The minimum Gasteiger partial charge on any atom is -0.543 e. The minimum absolute atomic E-state index is 0.222. The van der Waals surface area contributed by atoms with Gasteiger partial charge in [-0.05, 0) is 24.3 Å². The molecule has 76 valence electrons. The summed E-state index contributed by atoms with van der Waals surface area (Å²) >= 11 is 5.70. The fourth-order valence-electron chi connectivity index (χ4n) is 1.12. The van der Waals surface area contributed by atoms with E-state index in [-0.39, 0.29) is 5.69 Å². The third-order valence-electron chi connectivity index (χ3n) is 1.85. The van der Waals surface area contributed by atoms with Gasteiger partial charge < -0.3 is 14.4 Å². The van der Waals surface area contributed by atoms with Crippen LogP contribution in [0.25, 0.3) is 11.3 Å². The van der Waals surface area contributed by atoms with Gasteiger partial charge in [-0.25, -0.2) is 0 Å². The lowest BCUT2D eigenvalue weighted by Gasteiger charge is -1.94. The summed E-state index contributed by atoms with van der Waals surface area (Å²) in [5.41, 5.74) is 0.486. The van der Waals surface area contributed by atoms with Crippen molar-refractivity contribution in [3.63, 3.8) is 0 Å². The normalized spacial score (nSPS) is 10.2. The van der Waals surface area contributed by atoms with Crippen LogP contribution in [0.3, 0.4) is 0 Å². The summed E-state index contributed by atoms with van der Waals surface area (Å²) < 4.78 is 4.84. The van der Waals surface area contributed by atoms with Gasteiger partial charge in [-0.3, -0.25) is 0 Å². The highest BCUT2D eigenvalue weighted by atomic mass is 35.5. The van der Waals surface area contributed by atoms with E-state index in [4.69, 9.17) is 16.1 Å². The number of aromatic nitrogens is 1. The van der Waals surface area contributed by atoms with Gasteiger partial charge in [-0.2, -0.15) is 0 Å². The second kappa shape index (κ2) is 3.74. The van der Waals surface area contributed by atoms with Gasteiger partial charge in [0.25, 0.3) is 0 Å². The van der Waals surface area contributed by atoms with Crippen LogP contribution in [0, 0.1) is 0 Å². The van der Waals surface area contributed by atoms with Gasteiger partial charge in [-0.1, -0.05) is 16.8 Å². The van der Waals surface area contributed by atoms with Gasteiger partial charge in [0.15, 0.2) is 5.76 Å². The summed E-state index contributed by atoms with van der Waals surface area (Å²) in [6.45, 7) is 0. The molecule has 0 aliphatic heterocycles. The number of hydrogen-bond acceptors (Lipinski definition) is 4. The summed E-state index contributed by atoms with van der Waals surface area (Å²) in [6, 6.07) is 8.08. The van der Waals surface area contributed by atoms with Gasteiger partial charge in [-0.15, -0.1) is 0 Å². The lowest BCUT2D eigenvalue weighted by molar-refractivity contribution is -0.255. The molecule has 1 aromatic carbocycles. The van der Waals surface area contributed by atoms with E-state index in [1.807, 2.05) is 0 Å². The Kier molecular flexibility index (Phi) is 2.43. The summed E-state index contributed by atoms with van der Waals surface area (Å²) in [5, 5.41) is 14.4. The maximum absolute atomic E-state index is 10.4. The molecule has 5 heteroatoms. The van der Waals surface area contributed by atoms with Crippen molar-refractivity contribution in [1.82, 2.24) is 5.16 Å². The first-order valence-electron chi connectivity index (χ1n) is 4.11. The van der Waals surface area contributed by atoms with Crippen LogP contribution in [0.1, 0.15) is 10.5 Å². The maximum Gasteiger partial charge on any atom is 0.167 e. The number of aromatic carboxylic acids is 1. The number of benzene rings is 1. The van der Waals surface area contributed by atoms with Crippen LogP contribution in [0.2, 0.25) is 5.02 Å². The average Bonchev–Trinajstić information content (AvgIpc) is 2.68. The monoisotopic (exact) mass is 222 g/mol. The van der Waals surface area contributed by atoms with Crippen molar-refractivity contribution in [2.45, 2.75) is 0 Å². The molecule has 0 unspecified atom stereocenters. The molecular formula is C10H5ClNO3-. The Morgan fingerprint density at radius 1 is 1.33 bits per heavy atom. The molecule has 0 spiro atoms. The molecule has 0 atom stereocenters. The van der Waals surface area contributed by atoms with Crippen LogP contribution in [0.15, 0.2) is 34.9 Å². The molecule has 15 heavy (non-hydrogen) atoms. The Balaban J connectivity index is 2.37. The molecule has 0 saturated heterocycles. The van der Waals surface area contributed by atoms with Crippen LogP contribution in [-0.2, 0) is 0 Å². The predicted octanol–water partition coefficient (Wildman–Crippen LogP) is 1.36. The summed E-state index contributed by atoms with van der Waals surface area (Å²) in [6.07, 6.45) is 0. The molecule has 0 radical (unpaired) electrons. The SMILES string of the molecule is O=C([O-])c1cc(-c2ccc(Cl)cc2)on1. The molecule has 0 amide bonds. The number of halogens is 1. The van der Waals surface area contributed by atoms with E-state index in [2.05, 4.69) is 5.16 Å². The van der Waals surface area contributed by atoms with Crippen molar-refractivity contribution in [3.05, 3.63) is 41.0 Å². The van der Waals surface area contributed by atoms with Crippen LogP contribution >= 0.6 is 11.6 Å². The van der Waals surface area contributed by atoms with Gasteiger partial charge in [0.1, 0.15) is 5.69 Å². The number of carboxylic acids is 1. The van der Waals surface area contributed by atoms with E-state index in [0.29, 0.717) is 16.3 Å². The molecule has 4 nitrogen and oxygen atoms in total. The van der Waals surface area contributed by atoms with E-state index in [0.717, 1.165) is 0 Å². The molecule has 0 saturated carbocycles. The zero-order chi connectivity index (χ0) is 10.8. The van der Waals surface area contributed by atoms with Crippen molar-refractivity contribution in [2.75, 3.05) is 0 Å². The largest absolute Gasteiger partial charge is 0.543 e. The zero-order valence-corrected chi connectivity index (χ0v) is 8.19. The molecule has 1 heterocycles. The zero-order valence-electron chi connectivity index (χ0n) is 7.44. The summed E-state index contributed by atoms with van der Waals surface area (Å²) in [4.78, 5) is 10.4. The molecule has 2 aromatic rings.